The van der Waals surface area contributed by atoms with Crippen molar-refractivity contribution in [3.63, 3.8) is 0 Å². The quantitative estimate of drug-likeness (QED) is 0.868. The number of piperazine rings is 1. The Morgan fingerprint density at radius 1 is 1.23 bits per heavy atom. The predicted octanol–water partition coefficient (Wildman–Crippen LogP) is 2.57. The van der Waals surface area contributed by atoms with Crippen molar-refractivity contribution in [2.45, 2.75) is 40.2 Å². The third-order valence-corrected chi connectivity index (χ3v) is 5.53. The van der Waals surface area contributed by atoms with Crippen LogP contribution in [0.25, 0.3) is 0 Å². The van der Waals surface area contributed by atoms with Gasteiger partial charge in [-0.2, -0.15) is 0 Å². The van der Waals surface area contributed by atoms with Crippen LogP contribution in [0.2, 0.25) is 0 Å². The summed E-state index contributed by atoms with van der Waals surface area (Å²) in [6.45, 7) is 15.4. The van der Waals surface area contributed by atoms with Crippen LogP contribution in [-0.2, 0) is 0 Å². The topological polar surface area (TPSA) is 47.6 Å². The van der Waals surface area contributed by atoms with Gasteiger partial charge in [-0.1, -0.05) is 26.8 Å². The van der Waals surface area contributed by atoms with Crippen LogP contribution in [0.3, 0.4) is 0 Å². The number of carbonyl (C=O) groups excluding carboxylic acids is 1. The van der Waals surface area contributed by atoms with E-state index < -0.39 is 0 Å². The molecule has 1 atom stereocenters. The molecule has 2 aliphatic heterocycles. The lowest BCUT2D eigenvalue weighted by Crippen LogP contribution is -2.52. The lowest BCUT2D eigenvalue weighted by molar-refractivity contribution is 0.0583. The molecule has 3 rings (SSSR count). The summed E-state index contributed by atoms with van der Waals surface area (Å²) in [5.41, 5.74) is 3.17. The summed E-state index contributed by atoms with van der Waals surface area (Å²) in [5.74, 6) is 0.172. The molecule has 2 aliphatic rings. The molecule has 2 saturated heterocycles. The van der Waals surface area contributed by atoms with Crippen LogP contribution in [0.5, 0.6) is 0 Å². The Labute approximate surface area is 158 Å². The minimum Gasteiger partial charge on any atom is -0.384 e. The van der Waals surface area contributed by atoms with Crippen LogP contribution in [0.1, 0.15) is 43.1 Å². The monoisotopic (exact) mass is 358 g/mol. The smallest absolute Gasteiger partial charge is 0.254 e. The van der Waals surface area contributed by atoms with Crippen LogP contribution in [0.4, 0.5) is 5.69 Å². The standard InChI is InChI=1S/C21H34N4O/c1-16-18(6-5-7-19(16)23-15-21(2,3)4)20(26)25-12-10-24(11-13-25)17-8-9-22-14-17/h5-7,17,22-23H,8-15H2,1-4H3. The van der Waals surface area contributed by atoms with Crippen molar-refractivity contribution in [3.05, 3.63) is 29.3 Å². The highest BCUT2D eigenvalue weighted by molar-refractivity contribution is 5.97. The van der Waals surface area contributed by atoms with E-state index in [0.29, 0.717) is 6.04 Å². The zero-order chi connectivity index (χ0) is 18.7. The molecule has 5 nitrogen and oxygen atoms in total. The van der Waals surface area contributed by atoms with Crippen molar-refractivity contribution in [1.29, 1.82) is 0 Å². The summed E-state index contributed by atoms with van der Waals surface area (Å²) in [6.07, 6.45) is 1.23. The first kappa shape index (κ1) is 19.2. The highest BCUT2D eigenvalue weighted by atomic mass is 16.2. The zero-order valence-electron chi connectivity index (χ0n) is 16.8. The van der Waals surface area contributed by atoms with Gasteiger partial charge >= 0.3 is 0 Å². The van der Waals surface area contributed by atoms with Crippen molar-refractivity contribution in [3.8, 4) is 0 Å². The van der Waals surface area contributed by atoms with E-state index in [-0.39, 0.29) is 11.3 Å². The van der Waals surface area contributed by atoms with Gasteiger partial charge in [-0.15, -0.1) is 0 Å². The van der Waals surface area contributed by atoms with Gasteiger partial charge in [-0.25, -0.2) is 0 Å². The fourth-order valence-electron chi connectivity index (χ4n) is 3.83. The van der Waals surface area contributed by atoms with Gasteiger partial charge < -0.3 is 15.5 Å². The lowest BCUT2D eigenvalue weighted by Gasteiger charge is -2.38. The third-order valence-electron chi connectivity index (χ3n) is 5.53. The molecule has 2 heterocycles. The molecule has 0 aromatic heterocycles. The molecule has 144 valence electrons. The van der Waals surface area contributed by atoms with Crippen LogP contribution >= 0.6 is 0 Å². The van der Waals surface area contributed by atoms with Crippen molar-refractivity contribution >= 4 is 11.6 Å². The molecular weight excluding hydrogens is 324 g/mol. The first-order valence-electron chi connectivity index (χ1n) is 9.93. The Morgan fingerprint density at radius 2 is 1.96 bits per heavy atom. The SMILES string of the molecule is Cc1c(NCC(C)(C)C)cccc1C(=O)N1CCN(C2CCNC2)CC1. The molecular formula is C21H34N4O. The van der Waals surface area contributed by atoms with Crippen molar-refractivity contribution < 1.29 is 4.79 Å². The second-order valence-electron chi connectivity index (χ2n) is 8.87. The molecule has 0 radical (unpaired) electrons. The first-order chi connectivity index (χ1) is 12.3. The molecule has 5 heteroatoms. The number of hydrogen-bond acceptors (Lipinski definition) is 4. The minimum absolute atomic E-state index is 0.172. The number of amides is 1. The van der Waals surface area contributed by atoms with Crippen molar-refractivity contribution in [2.75, 3.05) is 51.1 Å². The van der Waals surface area contributed by atoms with Crippen molar-refractivity contribution in [2.24, 2.45) is 5.41 Å². The predicted molar refractivity (Wildman–Crippen MR) is 108 cm³/mol. The summed E-state index contributed by atoms with van der Waals surface area (Å²) in [7, 11) is 0. The Hall–Kier alpha value is -1.59. The van der Waals surface area contributed by atoms with E-state index in [1.165, 1.54) is 6.42 Å². The maximum Gasteiger partial charge on any atom is 0.254 e. The molecule has 26 heavy (non-hydrogen) atoms. The molecule has 0 saturated carbocycles. The van der Waals surface area contributed by atoms with Gasteiger partial charge in [0.15, 0.2) is 0 Å². The lowest BCUT2D eigenvalue weighted by atomic mass is 9.96. The van der Waals surface area contributed by atoms with Gasteiger partial charge in [-0.05, 0) is 43.0 Å². The number of hydrogen-bond donors (Lipinski definition) is 2. The van der Waals surface area contributed by atoms with E-state index in [1.807, 2.05) is 17.0 Å². The van der Waals surface area contributed by atoms with E-state index in [1.54, 1.807) is 0 Å². The average Bonchev–Trinajstić information content (AvgIpc) is 3.14. The first-order valence-corrected chi connectivity index (χ1v) is 9.93. The van der Waals surface area contributed by atoms with E-state index in [0.717, 1.165) is 62.6 Å². The molecule has 2 fully saturated rings. The van der Waals surface area contributed by atoms with E-state index in [4.69, 9.17) is 0 Å². The molecule has 1 amide bonds. The van der Waals surface area contributed by atoms with Gasteiger partial charge in [0.2, 0.25) is 0 Å². The Kier molecular flexibility index (Phi) is 5.88. The zero-order valence-corrected chi connectivity index (χ0v) is 16.8. The molecule has 1 aromatic carbocycles. The average molecular weight is 359 g/mol. The second kappa shape index (κ2) is 7.97. The fourth-order valence-corrected chi connectivity index (χ4v) is 3.83. The maximum absolute atomic E-state index is 13.1. The number of rotatable bonds is 4. The number of nitrogens with zero attached hydrogens (tertiary/aromatic N) is 2. The number of benzene rings is 1. The van der Waals surface area contributed by atoms with Crippen LogP contribution < -0.4 is 10.6 Å². The fraction of sp³-hybridized carbons (Fsp3) is 0.667. The van der Waals surface area contributed by atoms with Gasteiger partial charge in [0.1, 0.15) is 0 Å². The van der Waals surface area contributed by atoms with Crippen LogP contribution in [-0.4, -0.2) is 67.6 Å². The normalized spacial score (nSPS) is 21.8. The molecule has 0 bridgehead atoms. The van der Waals surface area contributed by atoms with E-state index in [9.17, 15) is 4.79 Å². The maximum atomic E-state index is 13.1. The molecule has 0 spiro atoms. The Morgan fingerprint density at radius 3 is 2.58 bits per heavy atom. The van der Waals surface area contributed by atoms with E-state index in [2.05, 4.69) is 49.3 Å². The Bertz CT molecular complexity index is 623. The van der Waals surface area contributed by atoms with Gasteiger partial charge in [0.05, 0.1) is 0 Å². The highest BCUT2D eigenvalue weighted by Crippen LogP contribution is 2.23. The Balaban J connectivity index is 1.63. The molecule has 1 aromatic rings. The van der Waals surface area contributed by atoms with Gasteiger partial charge in [0, 0.05) is 56.6 Å². The van der Waals surface area contributed by atoms with Crippen LogP contribution in [0, 0.1) is 12.3 Å². The molecule has 1 unspecified atom stereocenters. The number of carbonyl (C=O) groups is 1. The van der Waals surface area contributed by atoms with Gasteiger partial charge in [-0.3, -0.25) is 9.69 Å². The summed E-state index contributed by atoms with van der Waals surface area (Å²) >= 11 is 0. The third kappa shape index (κ3) is 4.57. The summed E-state index contributed by atoms with van der Waals surface area (Å²) < 4.78 is 0. The molecule has 2 N–H and O–H groups in total. The van der Waals surface area contributed by atoms with Crippen molar-refractivity contribution in [1.82, 2.24) is 15.1 Å². The number of nitrogens with one attached hydrogen (secondary N) is 2. The van der Waals surface area contributed by atoms with Gasteiger partial charge in [0.25, 0.3) is 5.91 Å². The summed E-state index contributed by atoms with van der Waals surface area (Å²) in [4.78, 5) is 17.6. The summed E-state index contributed by atoms with van der Waals surface area (Å²) in [6, 6.07) is 6.68. The van der Waals surface area contributed by atoms with E-state index >= 15 is 0 Å². The number of anilines is 1. The largest absolute Gasteiger partial charge is 0.384 e. The van der Waals surface area contributed by atoms with Crippen LogP contribution in [0.15, 0.2) is 18.2 Å². The highest BCUT2D eigenvalue weighted by Gasteiger charge is 2.28. The minimum atomic E-state index is 0.172. The summed E-state index contributed by atoms with van der Waals surface area (Å²) in [5, 5.41) is 6.95. The molecule has 0 aliphatic carbocycles. The second-order valence-corrected chi connectivity index (χ2v) is 8.87.